The Balaban J connectivity index is 1.86. The summed E-state index contributed by atoms with van der Waals surface area (Å²) in [5.74, 6) is -0.195. The van der Waals surface area contributed by atoms with Gasteiger partial charge in [0, 0.05) is 18.3 Å². The van der Waals surface area contributed by atoms with Gasteiger partial charge in [-0.05, 0) is 23.4 Å². The Morgan fingerprint density at radius 2 is 1.91 bits per heavy atom. The summed E-state index contributed by atoms with van der Waals surface area (Å²) < 4.78 is 0. The Morgan fingerprint density at radius 3 is 2.55 bits per heavy atom. The maximum Gasteiger partial charge on any atom is 0.222 e. The summed E-state index contributed by atoms with van der Waals surface area (Å²) in [5.41, 5.74) is 0.936. The van der Waals surface area contributed by atoms with Gasteiger partial charge in [-0.25, -0.2) is 0 Å². The van der Waals surface area contributed by atoms with Crippen molar-refractivity contribution in [1.29, 1.82) is 0 Å². The van der Waals surface area contributed by atoms with Crippen molar-refractivity contribution >= 4 is 23.2 Å². The van der Waals surface area contributed by atoms with Crippen molar-refractivity contribution in [3.8, 4) is 0 Å². The summed E-state index contributed by atoms with van der Waals surface area (Å²) >= 11 is 1.69. The molecule has 0 aliphatic heterocycles. The molecule has 1 aromatic carbocycles. The second kappa shape index (κ2) is 8.34. The molecule has 22 heavy (non-hydrogen) atoms. The van der Waals surface area contributed by atoms with Crippen LogP contribution in [0.1, 0.15) is 29.8 Å². The van der Waals surface area contributed by atoms with Gasteiger partial charge in [-0.1, -0.05) is 36.4 Å². The minimum absolute atomic E-state index is 0.0563. The summed E-state index contributed by atoms with van der Waals surface area (Å²) in [6.07, 6.45) is 1.08. The third kappa shape index (κ3) is 5.33. The van der Waals surface area contributed by atoms with E-state index in [1.54, 1.807) is 11.3 Å². The van der Waals surface area contributed by atoms with Crippen molar-refractivity contribution in [2.45, 2.75) is 25.8 Å². The molecular formula is C17H20N2O2S. The Hall–Kier alpha value is -2.14. The highest BCUT2D eigenvalue weighted by Crippen LogP contribution is 2.16. The molecule has 0 bridgehead atoms. The van der Waals surface area contributed by atoms with E-state index in [4.69, 9.17) is 0 Å². The van der Waals surface area contributed by atoms with Gasteiger partial charge in [0.25, 0.3) is 0 Å². The van der Waals surface area contributed by atoms with Crippen molar-refractivity contribution < 1.29 is 9.59 Å². The number of carbonyl (C=O) groups excluding carboxylic acids is 2. The first-order valence-corrected chi connectivity index (χ1v) is 8.14. The van der Waals surface area contributed by atoms with Crippen molar-refractivity contribution in [2.75, 3.05) is 6.54 Å². The number of benzene rings is 1. The molecule has 1 unspecified atom stereocenters. The average Bonchev–Trinajstić information content (AvgIpc) is 3.00. The highest BCUT2D eigenvalue weighted by atomic mass is 32.1. The Bertz CT molecular complexity index is 596. The van der Waals surface area contributed by atoms with Gasteiger partial charge >= 0.3 is 0 Å². The number of amides is 2. The third-order valence-electron chi connectivity index (χ3n) is 3.24. The van der Waals surface area contributed by atoms with E-state index in [2.05, 4.69) is 16.7 Å². The Labute approximate surface area is 134 Å². The molecule has 0 saturated carbocycles. The topological polar surface area (TPSA) is 58.2 Å². The first kappa shape index (κ1) is 16.2. The molecule has 2 amide bonds. The molecule has 1 heterocycles. The van der Waals surface area contributed by atoms with E-state index >= 15 is 0 Å². The molecule has 116 valence electrons. The summed E-state index contributed by atoms with van der Waals surface area (Å²) in [6, 6.07) is 13.3. The van der Waals surface area contributed by atoms with Gasteiger partial charge in [0.05, 0.1) is 12.5 Å². The molecule has 2 aromatic rings. The zero-order valence-electron chi connectivity index (χ0n) is 12.5. The van der Waals surface area contributed by atoms with Gasteiger partial charge in [-0.15, -0.1) is 11.3 Å². The van der Waals surface area contributed by atoms with Crippen LogP contribution in [0.3, 0.4) is 0 Å². The molecule has 0 aliphatic carbocycles. The molecule has 0 aliphatic rings. The van der Waals surface area contributed by atoms with Crippen molar-refractivity contribution in [2.24, 2.45) is 0 Å². The van der Waals surface area contributed by atoms with E-state index < -0.39 is 0 Å². The molecule has 2 N–H and O–H groups in total. The summed E-state index contributed by atoms with van der Waals surface area (Å²) in [7, 11) is 0. The maximum atomic E-state index is 12.1. The van der Waals surface area contributed by atoms with Gasteiger partial charge in [-0.3, -0.25) is 9.59 Å². The standard InChI is InChI=1S/C17H20N2O2S/c1-13(20)19-16(14-6-3-2-4-7-14)12-17(21)18-10-9-15-8-5-11-22-15/h2-8,11,16H,9-10,12H2,1H3,(H,18,21)(H,19,20). The van der Waals surface area contributed by atoms with Crippen molar-refractivity contribution in [3.05, 3.63) is 58.3 Å². The van der Waals surface area contributed by atoms with Gasteiger partial charge in [0.1, 0.15) is 0 Å². The molecular weight excluding hydrogens is 296 g/mol. The number of carbonyl (C=O) groups is 2. The van der Waals surface area contributed by atoms with Crippen molar-refractivity contribution in [3.63, 3.8) is 0 Å². The van der Waals surface area contributed by atoms with Crippen LogP contribution in [-0.2, 0) is 16.0 Å². The van der Waals surface area contributed by atoms with Crippen LogP contribution in [-0.4, -0.2) is 18.4 Å². The van der Waals surface area contributed by atoms with Crippen LogP contribution < -0.4 is 10.6 Å². The summed E-state index contributed by atoms with van der Waals surface area (Å²) in [6.45, 7) is 2.07. The zero-order chi connectivity index (χ0) is 15.8. The molecule has 4 nitrogen and oxygen atoms in total. The molecule has 0 spiro atoms. The van der Waals surface area contributed by atoms with Crippen LogP contribution in [0.4, 0.5) is 0 Å². The van der Waals surface area contributed by atoms with Crippen LogP contribution in [0, 0.1) is 0 Å². The monoisotopic (exact) mass is 316 g/mol. The average molecular weight is 316 g/mol. The molecule has 1 aromatic heterocycles. The zero-order valence-corrected chi connectivity index (χ0v) is 13.4. The smallest absolute Gasteiger partial charge is 0.222 e. The van der Waals surface area contributed by atoms with Crippen LogP contribution >= 0.6 is 11.3 Å². The first-order valence-electron chi connectivity index (χ1n) is 7.26. The lowest BCUT2D eigenvalue weighted by atomic mass is 10.0. The van der Waals surface area contributed by atoms with Gasteiger partial charge < -0.3 is 10.6 Å². The molecule has 0 saturated heterocycles. The Kier molecular flexibility index (Phi) is 6.15. The minimum atomic E-state index is -0.291. The predicted molar refractivity (Wildman–Crippen MR) is 88.6 cm³/mol. The Morgan fingerprint density at radius 1 is 1.14 bits per heavy atom. The van der Waals surface area contributed by atoms with E-state index in [9.17, 15) is 9.59 Å². The number of thiophene rings is 1. The lowest BCUT2D eigenvalue weighted by Crippen LogP contribution is -2.33. The van der Waals surface area contributed by atoms with Crippen LogP contribution in [0.25, 0.3) is 0 Å². The third-order valence-corrected chi connectivity index (χ3v) is 4.18. The molecule has 2 rings (SSSR count). The van der Waals surface area contributed by atoms with Gasteiger partial charge in [-0.2, -0.15) is 0 Å². The van der Waals surface area contributed by atoms with Crippen molar-refractivity contribution in [1.82, 2.24) is 10.6 Å². The largest absolute Gasteiger partial charge is 0.356 e. The van der Waals surface area contributed by atoms with Crippen LogP contribution in [0.15, 0.2) is 47.8 Å². The number of rotatable bonds is 7. The van der Waals surface area contributed by atoms with E-state index in [0.717, 1.165) is 12.0 Å². The number of hydrogen-bond donors (Lipinski definition) is 2. The number of hydrogen-bond acceptors (Lipinski definition) is 3. The summed E-state index contributed by atoms with van der Waals surface area (Å²) in [4.78, 5) is 24.7. The normalized spacial score (nSPS) is 11.7. The second-order valence-corrected chi connectivity index (χ2v) is 6.08. The minimum Gasteiger partial charge on any atom is -0.356 e. The molecule has 0 radical (unpaired) electrons. The number of nitrogens with one attached hydrogen (secondary N) is 2. The van der Waals surface area contributed by atoms with Gasteiger partial charge in [0.15, 0.2) is 0 Å². The molecule has 5 heteroatoms. The van der Waals surface area contributed by atoms with Crippen LogP contribution in [0.5, 0.6) is 0 Å². The van der Waals surface area contributed by atoms with Crippen LogP contribution in [0.2, 0.25) is 0 Å². The summed E-state index contributed by atoms with van der Waals surface area (Å²) in [5, 5.41) is 7.77. The fraction of sp³-hybridized carbons (Fsp3) is 0.294. The lowest BCUT2D eigenvalue weighted by molar-refractivity contribution is -0.122. The highest BCUT2D eigenvalue weighted by molar-refractivity contribution is 7.09. The molecule has 1 atom stereocenters. The van der Waals surface area contributed by atoms with E-state index in [-0.39, 0.29) is 24.3 Å². The highest BCUT2D eigenvalue weighted by Gasteiger charge is 2.16. The first-order chi connectivity index (χ1) is 10.6. The SMILES string of the molecule is CC(=O)NC(CC(=O)NCCc1cccs1)c1ccccc1. The predicted octanol–water partition coefficient (Wildman–Crippen LogP) is 2.67. The van der Waals surface area contributed by atoms with E-state index in [1.807, 2.05) is 41.8 Å². The maximum absolute atomic E-state index is 12.1. The fourth-order valence-corrected chi connectivity index (χ4v) is 2.93. The van der Waals surface area contributed by atoms with E-state index in [0.29, 0.717) is 6.54 Å². The van der Waals surface area contributed by atoms with E-state index in [1.165, 1.54) is 11.8 Å². The second-order valence-electron chi connectivity index (χ2n) is 5.05. The molecule has 0 fully saturated rings. The fourth-order valence-electron chi connectivity index (χ4n) is 2.22. The van der Waals surface area contributed by atoms with Gasteiger partial charge in [0.2, 0.25) is 11.8 Å². The lowest BCUT2D eigenvalue weighted by Gasteiger charge is -2.18. The quantitative estimate of drug-likeness (QED) is 0.825.